The smallest absolute Gasteiger partial charge is 0.243 e. The molecule has 0 spiro atoms. The number of allylic oxidation sites excluding steroid dienone is 2. The first-order chi connectivity index (χ1) is 14.2. The van der Waals surface area contributed by atoms with Gasteiger partial charge in [-0.1, -0.05) is 51.7 Å². The zero-order valence-corrected chi connectivity index (χ0v) is 18.5. The van der Waals surface area contributed by atoms with E-state index in [4.69, 9.17) is 4.74 Å². The molecule has 1 unspecified atom stereocenters. The third kappa shape index (κ3) is 15.9. The lowest BCUT2D eigenvalue weighted by molar-refractivity contribution is -0.117. The van der Waals surface area contributed by atoms with Gasteiger partial charge in [-0.15, -0.1) is 0 Å². The van der Waals surface area contributed by atoms with Crippen LogP contribution >= 0.6 is 0 Å². The largest absolute Gasteiger partial charge is 0.372 e. The van der Waals surface area contributed by atoms with Crippen LogP contribution in [0.25, 0.3) is 0 Å². The lowest BCUT2D eigenvalue weighted by Gasteiger charge is -2.21. The van der Waals surface area contributed by atoms with E-state index >= 15 is 0 Å². The van der Waals surface area contributed by atoms with Gasteiger partial charge in [-0.05, 0) is 37.8 Å². The van der Waals surface area contributed by atoms with Crippen molar-refractivity contribution in [2.24, 2.45) is 0 Å². The number of amides is 2. The van der Waals surface area contributed by atoms with Crippen molar-refractivity contribution in [2.45, 2.75) is 71.3 Å². The van der Waals surface area contributed by atoms with Gasteiger partial charge in [0.1, 0.15) is 0 Å². The lowest BCUT2D eigenvalue weighted by Crippen LogP contribution is -2.40. The standard InChI is InChI=1S/C23H41N3O3/c1-3-5-7-9-11-13-22(27)24-15-17-26(19-21-20-29-21)18-16-25-23(28)14-12-10-8-6-4-2/h11-14,21H,3-10,15-20H2,1-2H3,(H,24,27)(H,25,28)/b13-11+,14-12+. The zero-order valence-electron chi connectivity index (χ0n) is 18.5. The van der Waals surface area contributed by atoms with Gasteiger partial charge in [0.05, 0.1) is 12.7 Å². The Kier molecular flexibility index (Phi) is 15.1. The number of hydrogen-bond acceptors (Lipinski definition) is 4. The molecule has 166 valence electrons. The number of unbranched alkanes of at least 4 members (excludes halogenated alkanes) is 6. The molecule has 0 aliphatic carbocycles. The summed E-state index contributed by atoms with van der Waals surface area (Å²) in [5.41, 5.74) is 0. The van der Waals surface area contributed by atoms with Crippen molar-refractivity contribution in [3.8, 4) is 0 Å². The summed E-state index contributed by atoms with van der Waals surface area (Å²) in [6, 6.07) is 0. The van der Waals surface area contributed by atoms with Gasteiger partial charge in [-0.3, -0.25) is 14.5 Å². The number of ether oxygens (including phenoxy) is 1. The molecule has 0 aromatic heterocycles. The molecule has 1 aliphatic heterocycles. The second-order valence-electron chi connectivity index (χ2n) is 7.63. The summed E-state index contributed by atoms with van der Waals surface area (Å²) in [5.74, 6) is -0.0729. The van der Waals surface area contributed by atoms with Gasteiger partial charge in [-0.25, -0.2) is 0 Å². The van der Waals surface area contributed by atoms with E-state index in [-0.39, 0.29) is 11.8 Å². The van der Waals surface area contributed by atoms with Crippen LogP contribution in [0, 0.1) is 0 Å². The molecule has 29 heavy (non-hydrogen) atoms. The van der Waals surface area contributed by atoms with Crippen molar-refractivity contribution >= 4 is 11.8 Å². The zero-order chi connectivity index (χ0) is 21.2. The molecule has 1 saturated heterocycles. The molecule has 0 saturated carbocycles. The molecule has 1 fully saturated rings. The van der Waals surface area contributed by atoms with Gasteiger partial charge in [-0.2, -0.15) is 0 Å². The highest BCUT2D eigenvalue weighted by Gasteiger charge is 2.25. The Morgan fingerprint density at radius 1 is 0.897 bits per heavy atom. The summed E-state index contributed by atoms with van der Waals surface area (Å²) >= 11 is 0. The van der Waals surface area contributed by atoms with E-state index < -0.39 is 0 Å². The third-order valence-electron chi connectivity index (χ3n) is 4.81. The first kappa shape index (κ1) is 25.4. The number of rotatable bonds is 18. The maximum Gasteiger partial charge on any atom is 0.243 e. The van der Waals surface area contributed by atoms with Crippen LogP contribution in [0.2, 0.25) is 0 Å². The summed E-state index contributed by atoms with van der Waals surface area (Å²) in [6.07, 6.45) is 16.4. The average molecular weight is 408 g/mol. The minimum absolute atomic E-state index is 0.0365. The molecule has 2 amide bonds. The van der Waals surface area contributed by atoms with Crippen molar-refractivity contribution in [1.82, 2.24) is 15.5 Å². The first-order valence-corrected chi connectivity index (χ1v) is 11.4. The maximum absolute atomic E-state index is 11.9. The van der Waals surface area contributed by atoms with Crippen molar-refractivity contribution in [2.75, 3.05) is 39.3 Å². The fraction of sp³-hybridized carbons (Fsp3) is 0.739. The normalized spacial score (nSPS) is 16.0. The van der Waals surface area contributed by atoms with Crippen LogP contribution in [0.1, 0.15) is 65.2 Å². The minimum atomic E-state index is -0.0365. The van der Waals surface area contributed by atoms with Gasteiger partial charge in [0.2, 0.25) is 11.8 Å². The van der Waals surface area contributed by atoms with E-state index in [0.29, 0.717) is 19.2 Å². The lowest BCUT2D eigenvalue weighted by atomic mass is 10.2. The van der Waals surface area contributed by atoms with E-state index in [1.165, 1.54) is 25.7 Å². The molecular weight excluding hydrogens is 366 g/mol. The first-order valence-electron chi connectivity index (χ1n) is 11.4. The molecule has 6 heteroatoms. The Morgan fingerprint density at radius 2 is 1.38 bits per heavy atom. The Morgan fingerprint density at radius 3 is 1.79 bits per heavy atom. The number of nitrogens with one attached hydrogen (secondary N) is 2. The van der Waals surface area contributed by atoms with Crippen LogP contribution in [-0.4, -0.2) is 62.1 Å². The van der Waals surface area contributed by atoms with E-state index in [1.807, 2.05) is 12.2 Å². The van der Waals surface area contributed by atoms with Crippen LogP contribution < -0.4 is 10.6 Å². The van der Waals surface area contributed by atoms with Crippen molar-refractivity contribution < 1.29 is 14.3 Å². The van der Waals surface area contributed by atoms with Crippen LogP contribution in [-0.2, 0) is 14.3 Å². The molecule has 1 heterocycles. The molecule has 0 aromatic carbocycles. The monoisotopic (exact) mass is 407 g/mol. The van der Waals surface area contributed by atoms with E-state index in [0.717, 1.165) is 51.9 Å². The van der Waals surface area contributed by atoms with Crippen molar-refractivity contribution in [3.63, 3.8) is 0 Å². The molecule has 0 radical (unpaired) electrons. The molecule has 1 aliphatic rings. The van der Waals surface area contributed by atoms with Gasteiger partial charge in [0.25, 0.3) is 0 Å². The third-order valence-corrected chi connectivity index (χ3v) is 4.81. The Hall–Kier alpha value is -1.66. The highest BCUT2D eigenvalue weighted by Crippen LogP contribution is 2.10. The Labute approximate surface area is 177 Å². The van der Waals surface area contributed by atoms with E-state index in [2.05, 4.69) is 29.4 Å². The van der Waals surface area contributed by atoms with Crippen molar-refractivity contribution in [3.05, 3.63) is 24.3 Å². The summed E-state index contributed by atoms with van der Waals surface area (Å²) in [7, 11) is 0. The molecule has 0 bridgehead atoms. The van der Waals surface area contributed by atoms with E-state index in [1.54, 1.807) is 12.2 Å². The Balaban J connectivity index is 2.18. The van der Waals surface area contributed by atoms with Crippen LogP contribution in [0.3, 0.4) is 0 Å². The summed E-state index contributed by atoms with van der Waals surface area (Å²) in [4.78, 5) is 25.9. The molecule has 0 aromatic rings. The SMILES string of the molecule is CCCCC/C=C/C(=O)NCCN(CCNC(=O)/C=C/CCCCC)CC1CO1. The van der Waals surface area contributed by atoms with Gasteiger partial charge >= 0.3 is 0 Å². The fourth-order valence-corrected chi connectivity index (χ4v) is 2.95. The summed E-state index contributed by atoms with van der Waals surface area (Å²) < 4.78 is 5.33. The van der Waals surface area contributed by atoms with E-state index in [9.17, 15) is 9.59 Å². The van der Waals surface area contributed by atoms with Crippen LogP contribution in [0.15, 0.2) is 24.3 Å². The molecule has 1 rings (SSSR count). The number of carbonyl (C=O) groups excluding carboxylic acids is 2. The summed E-state index contributed by atoms with van der Waals surface area (Å²) in [5, 5.41) is 5.87. The molecule has 2 N–H and O–H groups in total. The molecule has 6 nitrogen and oxygen atoms in total. The van der Waals surface area contributed by atoms with Crippen molar-refractivity contribution in [1.29, 1.82) is 0 Å². The number of nitrogens with zero attached hydrogens (tertiary/aromatic N) is 1. The topological polar surface area (TPSA) is 74.0 Å². The highest BCUT2D eigenvalue weighted by molar-refractivity contribution is 5.87. The molecule has 1 atom stereocenters. The summed E-state index contributed by atoms with van der Waals surface area (Å²) in [6.45, 7) is 8.67. The predicted octanol–water partition coefficient (Wildman–Crippen LogP) is 3.19. The quantitative estimate of drug-likeness (QED) is 0.208. The second-order valence-corrected chi connectivity index (χ2v) is 7.63. The number of carbonyl (C=O) groups is 2. The van der Waals surface area contributed by atoms with Gasteiger partial charge in [0.15, 0.2) is 0 Å². The number of hydrogen-bond donors (Lipinski definition) is 2. The minimum Gasteiger partial charge on any atom is -0.372 e. The number of epoxide rings is 1. The highest BCUT2D eigenvalue weighted by atomic mass is 16.6. The maximum atomic E-state index is 11.9. The van der Waals surface area contributed by atoms with Gasteiger partial charge in [0, 0.05) is 32.7 Å². The van der Waals surface area contributed by atoms with Crippen LogP contribution in [0.4, 0.5) is 0 Å². The fourth-order valence-electron chi connectivity index (χ4n) is 2.95. The molecular formula is C23H41N3O3. The second kappa shape index (κ2) is 17.2. The average Bonchev–Trinajstić information content (AvgIpc) is 3.51. The Bertz CT molecular complexity index is 464. The van der Waals surface area contributed by atoms with Crippen LogP contribution in [0.5, 0.6) is 0 Å². The van der Waals surface area contributed by atoms with Gasteiger partial charge < -0.3 is 15.4 Å². The predicted molar refractivity (Wildman–Crippen MR) is 119 cm³/mol.